The fourth-order valence-corrected chi connectivity index (χ4v) is 2.95. The minimum Gasteiger partial charge on any atom is -0.504 e. The highest BCUT2D eigenvalue weighted by atomic mass is 16.5. The lowest BCUT2D eigenvalue weighted by Crippen LogP contribution is -2.34. The number of Topliss-reactive ketones (excluding diaryl/α,β-unsaturated/α-hetero) is 1. The van der Waals surface area contributed by atoms with Crippen LogP contribution in [0.2, 0.25) is 0 Å². The van der Waals surface area contributed by atoms with Crippen molar-refractivity contribution in [1.29, 1.82) is 0 Å². The molecule has 6 heteroatoms. The molecule has 136 valence electrons. The Kier molecular flexibility index (Phi) is 5.21. The maximum absolute atomic E-state index is 12.6. The van der Waals surface area contributed by atoms with Gasteiger partial charge in [0.2, 0.25) is 5.91 Å². The second-order valence-corrected chi connectivity index (χ2v) is 6.60. The fraction of sp³-hybridized carbons (Fsp3) is 0.350. The number of phenols is 1. The van der Waals surface area contributed by atoms with E-state index < -0.39 is 0 Å². The van der Waals surface area contributed by atoms with Crippen LogP contribution in [0.3, 0.4) is 0 Å². The third kappa shape index (κ3) is 3.85. The molecule has 6 nitrogen and oxygen atoms in total. The molecule has 1 aliphatic rings. The van der Waals surface area contributed by atoms with E-state index in [1.165, 1.54) is 6.92 Å². The molecule has 0 saturated heterocycles. The van der Waals surface area contributed by atoms with Gasteiger partial charge in [-0.3, -0.25) is 14.6 Å². The van der Waals surface area contributed by atoms with Gasteiger partial charge in [-0.05, 0) is 30.7 Å². The average Bonchev–Trinajstić information content (AvgIpc) is 2.85. The summed E-state index contributed by atoms with van der Waals surface area (Å²) >= 11 is 0. The topological polar surface area (TPSA) is 79.7 Å². The summed E-state index contributed by atoms with van der Waals surface area (Å²) < 4.78 is 5.68. The number of ether oxygens (including phenoxy) is 1. The zero-order valence-electron chi connectivity index (χ0n) is 14.9. The Bertz CT molecular complexity index is 820. The summed E-state index contributed by atoms with van der Waals surface area (Å²) in [4.78, 5) is 29.8. The molecule has 0 bridgehead atoms. The van der Waals surface area contributed by atoms with Crippen LogP contribution in [0.5, 0.6) is 11.5 Å². The van der Waals surface area contributed by atoms with Gasteiger partial charge in [-0.2, -0.15) is 0 Å². The molecule has 1 unspecified atom stereocenters. The molecule has 1 amide bonds. The van der Waals surface area contributed by atoms with Crippen molar-refractivity contribution in [1.82, 2.24) is 9.88 Å². The van der Waals surface area contributed by atoms with Crippen LogP contribution >= 0.6 is 0 Å². The number of carbonyl (C=O) groups excluding carboxylic acids is 2. The summed E-state index contributed by atoms with van der Waals surface area (Å²) in [5.74, 6) is 0.0679. The number of phenolic OH excluding ortho intramolecular Hbond substituents is 1. The highest BCUT2D eigenvalue weighted by Crippen LogP contribution is 2.37. The van der Waals surface area contributed by atoms with Gasteiger partial charge in [0.15, 0.2) is 11.5 Å². The van der Waals surface area contributed by atoms with E-state index in [1.807, 2.05) is 18.2 Å². The summed E-state index contributed by atoms with van der Waals surface area (Å²) in [5, 5.41) is 10.4. The van der Waals surface area contributed by atoms with Gasteiger partial charge in [0, 0.05) is 42.4 Å². The minimum absolute atomic E-state index is 0.00123. The van der Waals surface area contributed by atoms with Gasteiger partial charge in [0.25, 0.3) is 0 Å². The number of benzene rings is 1. The number of pyridine rings is 1. The largest absolute Gasteiger partial charge is 0.504 e. The van der Waals surface area contributed by atoms with Crippen LogP contribution in [0.15, 0.2) is 36.7 Å². The van der Waals surface area contributed by atoms with Gasteiger partial charge in [-0.25, -0.2) is 0 Å². The maximum Gasteiger partial charge on any atom is 0.223 e. The van der Waals surface area contributed by atoms with Crippen molar-refractivity contribution in [2.75, 3.05) is 13.2 Å². The summed E-state index contributed by atoms with van der Waals surface area (Å²) in [6, 6.07) is 7.29. The number of ketones is 1. The van der Waals surface area contributed by atoms with Crippen LogP contribution in [0.25, 0.3) is 11.1 Å². The number of amides is 1. The van der Waals surface area contributed by atoms with Gasteiger partial charge in [-0.15, -0.1) is 0 Å². The molecule has 2 heterocycles. The van der Waals surface area contributed by atoms with E-state index in [0.29, 0.717) is 25.4 Å². The van der Waals surface area contributed by atoms with Crippen LogP contribution < -0.4 is 4.74 Å². The van der Waals surface area contributed by atoms with E-state index in [9.17, 15) is 14.7 Å². The van der Waals surface area contributed by atoms with Gasteiger partial charge in [0.1, 0.15) is 12.4 Å². The van der Waals surface area contributed by atoms with Gasteiger partial charge < -0.3 is 14.7 Å². The van der Waals surface area contributed by atoms with Crippen LogP contribution in [-0.4, -0.2) is 39.8 Å². The van der Waals surface area contributed by atoms with Gasteiger partial charge >= 0.3 is 0 Å². The van der Waals surface area contributed by atoms with Crippen molar-refractivity contribution >= 4 is 11.7 Å². The quantitative estimate of drug-likeness (QED) is 0.913. The molecule has 1 aliphatic heterocycles. The first-order valence-electron chi connectivity index (χ1n) is 8.63. The van der Waals surface area contributed by atoms with Crippen LogP contribution in [0, 0.1) is 5.92 Å². The lowest BCUT2D eigenvalue weighted by atomic mass is 10.0. The number of aromatic nitrogens is 1. The number of carbonyl (C=O) groups is 2. The molecule has 1 aromatic heterocycles. The minimum atomic E-state index is -0.304. The maximum atomic E-state index is 12.6. The molecule has 26 heavy (non-hydrogen) atoms. The zero-order valence-corrected chi connectivity index (χ0v) is 14.9. The molecular weight excluding hydrogens is 332 g/mol. The first-order valence-corrected chi connectivity index (χ1v) is 8.63. The molecule has 2 aromatic rings. The molecule has 0 aliphatic carbocycles. The predicted molar refractivity (Wildman–Crippen MR) is 96.7 cm³/mol. The predicted octanol–water partition coefficient (Wildman–Crippen LogP) is 2.79. The molecule has 0 radical (unpaired) electrons. The molecule has 0 fully saturated rings. The third-order valence-corrected chi connectivity index (χ3v) is 4.64. The number of hydrogen-bond acceptors (Lipinski definition) is 5. The standard InChI is InChI=1S/C20H22N2O4/c1-13(14(2)23)8-19(25)22-6-7-26-20-17(12-22)9-16(10-18(20)24)15-4-3-5-21-11-15/h3-5,9-11,13,24H,6-8,12H2,1-2H3. The smallest absolute Gasteiger partial charge is 0.223 e. The van der Waals surface area contributed by atoms with E-state index in [2.05, 4.69) is 4.98 Å². The SMILES string of the molecule is CC(=O)C(C)CC(=O)N1CCOc2c(O)cc(-c3cccnc3)cc2C1. The number of aromatic hydroxyl groups is 1. The molecule has 3 rings (SSSR count). The van der Waals surface area contributed by atoms with Crippen molar-refractivity contribution in [2.45, 2.75) is 26.8 Å². The van der Waals surface area contributed by atoms with Crippen LogP contribution in [-0.2, 0) is 16.1 Å². The fourth-order valence-electron chi connectivity index (χ4n) is 2.95. The van der Waals surface area contributed by atoms with Crippen molar-refractivity contribution < 1.29 is 19.4 Å². The Morgan fingerprint density at radius 1 is 1.35 bits per heavy atom. The molecule has 1 aromatic carbocycles. The first kappa shape index (κ1) is 17.9. The molecular formula is C20H22N2O4. The Labute approximate surface area is 152 Å². The highest BCUT2D eigenvalue weighted by Gasteiger charge is 2.24. The van der Waals surface area contributed by atoms with E-state index in [0.717, 1.165) is 16.7 Å². The normalized spacial score (nSPS) is 14.8. The Morgan fingerprint density at radius 2 is 2.15 bits per heavy atom. The summed E-state index contributed by atoms with van der Waals surface area (Å²) in [5.41, 5.74) is 2.42. The Balaban J connectivity index is 1.88. The number of nitrogens with zero attached hydrogens (tertiary/aromatic N) is 2. The molecule has 0 spiro atoms. The second-order valence-electron chi connectivity index (χ2n) is 6.60. The van der Waals surface area contributed by atoms with Crippen LogP contribution in [0.4, 0.5) is 0 Å². The Morgan fingerprint density at radius 3 is 2.85 bits per heavy atom. The van der Waals surface area contributed by atoms with Crippen molar-refractivity contribution in [3.8, 4) is 22.6 Å². The van der Waals surface area contributed by atoms with Crippen molar-refractivity contribution in [3.63, 3.8) is 0 Å². The lowest BCUT2D eigenvalue weighted by Gasteiger charge is -2.21. The number of rotatable bonds is 4. The molecule has 0 saturated carbocycles. The van der Waals surface area contributed by atoms with Crippen molar-refractivity contribution in [2.24, 2.45) is 5.92 Å². The highest BCUT2D eigenvalue weighted by molar-refractivity contribution is 5.85. The van der Waals surface area contributed by atoms with E-state index in [1.54, 1.807) is 30.3 Å². The summed E-state index contributed by atoms with van der Waals surface area (Å²) in [6.45, 7) is 4.30. The molecule has 1 atom stereocenters. The van der Waals surface area contributed by atoms with Gasteiger partial charge in [-0.1, -0.05) is 13.0 Å². The zero-order chi connectivity index (χ0) is 18.7. The lowest BCUT2D eigenvalue weighted by molar-refractivity contribution is -0.135. The molecule has 1 N–H and O–H groups in total. The third-order valence-electron chi connectivity index (χ3n) is 4.64. The Hall–Kier alpha value is -2.89. The van der Waals surface area contributed by atoms with E-state index >= 15 is 0 Å². The van der Waals surface area contributed by atoms with E-state index in [4.69, 9.17) is 4.74 Å². The number of fused-ring (bicyclic) bond motifs is 1. The van der Waals surface area contributed by atoms with Gasteiger partial charge in [0.05, 0.1) is 6.54 Å². The van der Waals surface area contributed by atoms with E-state index in [-0.39, 0.29) is 29.8 Å². The number of hydrogen-bond donors (Lipinski definition) is 1. The van der Waals surface area contributed by atoms with Crippen molar-refractivity contribution in [3.05, 3.63) is 42.2 Å². The second kappa shape index (κ2) is 7.56. The first-order chi connectivity index (χ1) is 12.5. The van der Waals surface area contributed by atoms with Crippen LogP contribution in [0.1, 0.15) is 25.8 Å². The average molecular weight is 354 g/mol. The monoisotopic (exact) mass is 354 g/mol. The summed E-state index contributed by atoms with van der Waals surface area (Å²) in [6.07, 6.45) is 3.58. The summed E-state index contributed by atoms with van der Waals surface area (Å²) in [7, 11) is 0.